The van der Waals surface area contributed by atoms with Crippen molar-refractivity contribution < 1.29 is 9.53 Å². The van der Waals surface area contributed by atoms with Crippen LogP contribution in [0, 0.1) is 0 Å². The topological polar surface area (TPSA) is 26.3 Å². The molecule has 0 bridgehead atoms. The van der Waals surface area contributed by atoms with Crippen molar-refractivity contribution in [3.05, 3.63) is 41.0 Å². The van der Waals surface area contributed by atoms with E-state index in [1.807, 2.05) is 0 Å². The smallest absolute Gasteiger partial charge is 0.302 e. The molecule has 2 heteroatoms. The Morgan fingerprint density at radius 2 is 2.12 bits per heavy atom. The van der Waals surface area contributed by atoms with Gasteiger partial charge in [-0.15, -0.1) is 0 Å². The van der Waals surface area contributed by atoms with E-state index >= 15 is 0 Å². The summed E-state index contributed by atoms with van der Waals surface area (Å²) in [5.74, 6) is -0.230. The minimum absolute atomic E-state index is 0.230. The van der Waals surface area contributed by atoms with Gasteiger partial charge in [-0.1, -0.05) is 44.2 Å². The molecule has 0 saturated carbocycles. The first-order valence-corrected chi connectivity index (χ1v) is 6.07. The summed E-state index contributed by atoms with van der Waals surface area (Å²) in [4.78, 5) is 10.8. The minimum Gasteiger partial charge on any atom is -0.461 e. The monoisotopic (exact) mass is 232 g/mol. The Labute approximate surface area is 103 Å². The summed E-state index contributed by atoms with van der Waals surface area (Å²) in [7, 11) is 0. The fourth-order valence-electron chi connectivity index (χ4n) is 1.58. The van der Waals surface area contributed by atoms with Crippen LogP contribution in [0.4, 0.5) is 0 Å². The van der Waals surface area contributed by atoms with E-state index in [1.54, 1.807) is 0 Å². The molecule has 0 aromatic heterocycles. The molecule has 0 fully saturated rings. The van der Waals surface area contributed by atoms with E-state index in [9.17, 15) is 4.79 Å². The zero-order valence-electron chi connectivity index (χ0n) is 10.8. The Hall–Kier alpha value is -1.57. The third kappa shape index (κ3) is 4.85. The van der Waals surface area contributed by atoms with Crippen LogP contribution in [0.5, 0.6) is 0 Å². The first-order valence-electron chi connectivity index (χ1n) is 6.07. The molecular weight excluding hydrogens is 212 g/mol. The summed E-state index contributed by atoms with van der Waals surface area (Å²) in [6.45, 7) is 6.04. The number of benzene rings is 1. The van der Waals surface area contributed by atoms with Crippen LogP contribution in [0.2, 0.25) is 0 Å². The highest BCUT2D eigenvalue weighted by Crippen LogP contribution is 2.12. The van der Waals surface area contributed by atoms with Gasteiger partial charge >= 0.3 is 5.97 Å². The molecule has 1 aromatic carbocycles. The molecule has 2 nitrogen and oxygen atoms in total. The van der Waals surface area contributed by atoms with E-state index in [1.165, 1.54) is 18.1 Å². The van der Waals surface area contributed by atoms with E-state index in [-0.39, 0.29) is 5.97 Å². The molecule has 0 radical (unpaired) electrons. The van der Waals surface area contributed by atoms with Crippen molar-refractivity contribution in [1.82, 2.24) is 0 Å². The first kappa shape index (κ1) is 13.5. The molecule has 0 aliphatic rings. The third-order valence-corrected chi connectivity index (χ3v) is 2.65. The average molecular weight is 232 g/mol. The van der Waals surface area contributed by atoms with Crippen LogP contribution in [0.25, 0.3) is 6.08 Å². The number of hydrogen-bond acceptors (Lipinski definition) is 2. The lowest BCUT2D eigenvalue weighted by molar-refractivity contribution is -0.139. The lowest BCUT2D eigenvalue weighted by atomic mass is 10.1. The molecule has 0 unspecified atom stereocenters. The van der Waals surface area contributed by atoms with Gasteiger partial charge in [0, 0.05) is 6.92 Å². The van der Waals surface area contributed by atoms with Gasteiger partial charge in [0.2, 0.25) is 0 Å². The molecule has 0 heterocycles. The zero-order chi connectivity index (χ0) is 12.7. The molecule has 0 aliphatic carbocycles. The molecule has 0 atom stereocenters. The second-order valence-electron chi connectivity index (χ2n) is 4.03. The van der Waals surface area contributed by atoms with Gasteiger partial charge in [-0.3, -0.25) is 4.79 Å². The maximum Gasteiger partial charge on any atom is 0.302 e. The van der Waals surface area contributed by atoms with Gasteiger partial charge in [-0.25, -0.2) is 0 Å². The van der Waals surface area contributed by atoms with Crippen molar-refractivity contribution in [1.29, 1.82) is 0 Å². The Morgan fingerprint density at radius 3 is 2.71 bits per heavy atom. The second kappa shape index (κ2) is 6.89. The molecule has 1 aromatic rings. The normalized spacial score (nSPS) is 11.4. The number of aryl methyl sites for hydroxylation is 1. The van der Waals surface area contributed by atoms with Crippen molar-refractivity contribution in [3.63, 3.8) is 0 Å². The summed E-state index contributed by atoms with van der Waals surface area (Å²) in [6, 6.07) is 8.42. The quantitative estimate of drug-likeness (QED) is 0.725. The largest absolute Gasteiger partial charge is 0.461 e. The van der Waals surface area contributed by atoms with Gasteiger partial charge in [0.15, 0.2) is 0 Å². The standard InChI is InChI=1S/C15H20O2/c1-4-13-7-6-8-15(9-13)10-14(5-2)11-17-12(3)16/h6-10H,4-5,11H2,1-3H3. The molecule has 0 spiro atoms. The number of carbonyl (C=O) groups is 1. The summed E-state index contributed by atoms with van der Waals surface area (Å²) in [6.07, 6.45) is 4.03. The Bertz CT molecular complexity index is 405. The Balaban J connectivity index is 2.78. The predicted octanol–water partition coefficient (Wildman–Crippen LogP) is 3.61. The Kier molecular flexibility index (Phi) is 5.47. The maximum absolute atomic E-state index is 10.8. The summed E-state index contributed by atoms with van der Waals surface area (Å²) in [5.41, 5.74) is 3.63. The van der Waals surface area contributed by atoms with E-state index < -0.39 is 0 Å². The number of hydrogen-bond donors (Lipinski definition) is 0. The highest BCUT2D eigenvalue weighted by atomic mass is 16.5. The summed E-state index contributed by atoms with van der Waals surface area (Å²) in [5, 5.41) is 0. The van der Waals surface area contributed by atoms with Crippen LogP contribution in [0.1, 0.15) is 38.3 Å². The van der Waals surface area contributed by atoms with E-state index in [0.717, 1.165) is 18.4 Å². The molecule has 0 saturated heterocycles. The van der Waals surface area contributed by atoms with Crippen molar-refractivity contribution in [3.8, 4) is 0 Å². The lowest BCUT2D eigenvalue weighted by Crippen LogP contribution is -2.02. The molecular formula is C15H20O2. The molecule has 92 valence electrons. The summed E-state index contributed by atoms with van der Waals surface area (Å²) < 4.78 is 5.02. The van der Waals surface area contributed by atoms with Crippen molar-refractivity contribution in [2.24, 2.45) is 0 Å². The molecule has 1 rings (SSSR count). The van der Waals surface area contributed by atoms with Gasteiger partial charge in [-0.05, 0) is 29.5 Å². The number of carbonyl (C=O) groups excluding carboxylic acids is 1. The van der Waals surface area contributed by atoms with Crippen molar-refractivity contribution >= 4 is 12.0 Å². The van der Waals surface area contributed by atoms with E-state index in [4.69, 9.17) is 4.74 Å². The lowest BCUT2D eigenvalue weighted by Gasteiger charge is -2.06. The predicted molar refractivity (Wildman–Crippen MR) is 70.7 cm³/mol. The summed E-state index contributed by atoms with van der Waals surface area (Å²) >= 11 is 0. The first-order chi connectivity index (χ1) is 8.15. The van der Waals surface area contributed by atoms with Crippen molar-refractivity contribution in [2.45, 2.75) is 33.6 Å². The molecule has 17 heavy (non-hydrogen) atoms. The fraction of sp³-hybridized carbons (Fsp3) is 0.400. The van der Waals surface area contributed by atoms with Crippen LogP contribution in [0.15, 0.2) is 29.8 Å². The van der Waals surface area contributed by atoms with Crippen molar-refractivity contribution in [2.75, 3.05) is 6.61 Å². The molecule has 0 N–H and O–H groups in total. The average Bonchev–Trinajstić information content (AvgIpc) is 2.34. The van der Waals surface area contributed by atoms with Crippen LogP contribution in [0.3, 0.4) is 0 Å². The molecule has 0 amide bonds. The SMILES string of the molecule is CCC(=Cc1cccc(CC)c1)COC(C)=O. The second-order valence-corrected chi connectivity index (χ2v) is 4.03. The third-order valence-electron chi connectivity index (χ3n) is 2.65. The van der Waals surface area contributed by atoms with Gasteiger partial charge in [0.05, 0.1) is 0 Å². The number of esters is 1. The van der Waals surface area contributed by atoms with Gasteiger partial charge < -0.3 is 4.74 Å². The van der Waals surface area contributed by atoms with Gasteiger partial charge in [0.1, 0.15) is 6.61 Å². The van der Waals surface area contributed by atoms with Crippen LogP contribution >= 0.6 is 0 Å². The van der Waals surface area contributed by atoms with E-state index in [0.29, 0.717) is 6.61 Å². The zero-order valence-corrected chi connectivity index (χ0v) is 10.8. The highest BCUT2D eigenvalue weighted by Gasteiger charge is 1.99. The fourth-order valence-corrected chi connectivity index (χ4v) is 1.58. The number of ether oxygens (including phenoxy) is 1. The highest BCUT2D eigenvalue weighted by molar-refractivity contribution is 5.66. The maximum atomic E-state index is 10.8. The van der Waals surface area contributed by atoms with Crippen LogP contribution in [-0.4, -0.2) is 12.6 Å². The van der Waals surface area contributed by atoms with Crippen LogP contribution < -0.4 is 0 Å². The Morgan fingerprint density at radius 1 is 1.35 bits per heavy atom. The van der Waals surface area contributed by atoms with Gasteiger partial charge in [-0.2, -0.15) is 0 Å². The molecule has 0 aliphatic heterocycles. The number of rotatable bonds is 5. The minimum atomic E-state index is -0.230. The van der Waals surface area contributed by atoms with Gasteiger partial charge in [0.25, 0.3) is 0 Å². The van der Waals surface area contributed by atoms with E-state index in [2.05, 4.69) is 44.2 Å². The van der Waals surface area contributed by atoms with Crippen LogP contribution in [-0.2, 0) is 16.0 Å².